The van der Waals surface area contributed by atoms with Gasteiger partial charge in [0.2, 0.25) is 5.91 Å². The van der Waals surface area contributed by atoms with Crippen molar-refractivity contribution < 1.29 is 4.79 Å². The van der Waals surface area contributed by atoms with Crippen LogP contribution in [0.5, 0.6) is 0 Å². The molecule has 2 atom stereocenters. The van der Waals surface area contributed by atoms with Gasteiger partial charge in [-0.15, -0.1) is 0 Å². The molecule has 0 N–H and O–H groups in total. The summed E-state index contributed by atoms with van der Waals surface area (Å²) in [5.41, 5.74) is 5.46. The quantitative estimate of drug-likeness (QED) is 0.847. The standard InChI is InChI=1S/C21H24N2O/c1-15-7-6-10-18-19(15)13-23(16(2)24)21-14-22(12-20(18)21)11-17-8-4-3-5-9-17/h3-10,20-21H,11-14H2,1-2H3/t20-,21+/m1/s1. The first kappa shape index (κ1) is 15.4. The first-order chi connectivity index (χ1) is 11.6. The van der Waals surface area contributed by atoms with E-state index in [9.17, 15) is 4.79 Å². The second kappa shape index (κ2) is 6.06. The molecule has 2 aromatic carbocycles. The van der Waals surface area contributed by atoms with Crippen LogP contribution in [0.1, 0.15) is 35.1 Å². The zero-order chi connectivity index (χ0) is 16.7. The van der Waals surface area contributed by atoms with Gasteiger partial charge in [-0.2, -0.15) is 0 Å². The molecule has 0 aromatic heterocycles. The molecule has 2 aliphatic rings. The molecular weight excluding hydrogens is 296 g/mol. The van der Waals surface area contributed by atoms with E-state index in [1.807, 2.05) is 0 Å². The summed E-state index contributed by atoms with van der Waals surface area (Å²) in [6, 6.07) is 17.5. The molecule has 2 heterocycles. The Morgan fingerprint density at radius 3 is 2.62 bits per heavy atom. The molecule has 0 bridgehead atoms. The molecule has 0 aliphatic carbocycles. The number of amides is 1. The lowest BCUT2D eigenvalue weighted by Gasteiger charge is -2.38. The average Bonchev–Trinajstić information content (AvgIpc) is 2.99. The van der Waals surface area contributed by atoms with Crippen molar-refractivity contribution in [2.24, 2.45) is 0 Å². The first-order valence-electron chi connectivity index (χ1n) is 8.75. The van der Waals surface area contributed by atoms with E-state index >= 15 is 0 Å². The number of carbonyl (C=O) groups excluding carboxylic acids is 1. The van der Waals surface area contributed by atoms with Crippen molar-refractivity contribution in [2.75, 3.05) is 13.1 Å². The Morgan fingerprint density at radius 1 is 1.08 bits per heavy atom. The van der Waals surface area contributed by atoms with E-state index in [-0.39, 0.29) is 5.91 Å². The average molecular weight is 320 g/mol. The predicted molar refractivity (Wildman–Crippen MR) is 95.7 cm³/mol. The molecule has 0 radical (unpaired) electrons. The smallest absolute Gasteiger partial charge is 0.220 e. The predicted octanol–water partition coefficient (Wildman–Crippen LogP) is 3.33. The van der Waals surface area contributed by atoms with E-state index in [0.29, 0.717) is 12.0 Å². The van der Waals surface area contributed by atoms with E-state index in [2.05, 4.69) is 65.3 Å². The van der Waals surface area contributed by atoms with Crippen molar-refractivity contribution >= 4 is 5.91 Å². The molecule has 4 rings (SSSR count). The van der Waals surface area contributed by atoms with Crippen LogP contribution in [0.3, 0.4) is 0 Å². The third-order valence-electron chi connectivity index (χ3n) is 5.59. The molecule has 0 saturated carbocycles. The minimum absolute atomic E-state index is 0.195. The van der Waals surface area contributed by atoms with Crippen molar-refractivity contribution in [3.63, 3.8) is 0 Å². The molecule has 24 heavy (non-hydrogen) atoms. The van der Waals surface area contributed by atoms with Gasteiger partial charge < -0.3 is 4.90 Å². The number of benzene rings is 2. The molecule has 1 saturated heterocycles. The topological polar surface area (TPSA) is 23.6 Å². The first-order valence-corrected chi connectivity index (χ1v) is 8.75. The van der Waals surface area contributed by atoms with Crippen molar-refractivity contribution in [1.29, 1.82) is 0 Å². The van der Waals surface area contributed by atoms with E-state index < -0.39 is 0 Å². The van der Waals surface area contributed by atoms with Gasteiger partial charge in [0.05, 0.1) is 6.04 Å². The minimum Gasteiger partial charge on any atom is -0.334 e. The largest absolute Gasteiger partial charge is 0.334 e. The van der Waals surface area contributed by atoms with Crippen LogP contribution in [0.2, 0.25) is 0 Å². The molecular formula is C21H24N2O. The number of rotatable bonds is 2. The number of likely N-dealkylation sites (tertiary alicyclic amines) is 1. The summed E-state index contributed by atoms with van der Waals surface area (Å²) in [6.07, 6.45) is 0. The third kappa shape index (κ3) is 2.63. The molecule has 2 aliphatic heterocycles. The van der Waals surface area contributed by atoms with E-state index in [0.717, 1.165) is 26.2 Å². The fourth-order valence-corrected chi connectivity index (χ4v) is 4.38. The highest BCUT2D eigenvalue weighted by molar-refractivity contribution is 5.74. The number of nitrogens with zero attached hydrogens (tertiary/aromatic N) is 2. The SMILES string of the molecule is CC(=O)N1Cc2c(C)cccc2[C@H]2CN(Cc3ccccc3)C[C@@H]21. The fourth-order valence-electron chi connectivity index (χ4n) is 4.38. The van der Waals surface area contributed by atoms with Gasteiger partial charge in [0, 0.05) is 39.0 Å². The van der Waals surface area contributed by atoms with Gasteiger partial charge in [-0.05, 0) is 29.2 Å². The van der Waals surface area contributed by atoms with Crippen molar-refractivity contribution in [2.45, 2.75) is 38.9 Å². The lowest BCUT2D eigenvalue weighted by molar-refractivity contribution is -0.132. The van der Waals surface area contributed by atoms with E-state index in [4.69, 9.17) is 0 Å². The number of hydrogen-bond donors (Lipinski definition) is 0. The zero-order valence-corrected chi connectivity index (χ0v) is 14.4. The summed E-state index contributed by atoms with van der Waals surface area (Å²) in [7, 11) is 0. The number of hydrogen-bond acceptors (Lipinski definition) is 2. The second-order valence-electron chi connectivity index (χ2n) is 7.14. The molecule has 124 valence electrons. The van der Waals surface area contributed by atoms with Gasteiger partial charge >= 0.3 is 0 Å². The van der Waals surface area contributed by atoms with Crippen molar-refractivity contribution in [3.8, 4) is 0 Å². The molecule has 1 amide bonds. The molecule has 0 spiro atoms. The van der Waals surface area contributed by atoms with Crippen LogP contribution in [0.4, 0.5) is 0 Å². The monoisotopic (exact) mass is 320 g/mol. The molecule has 2 aromatic rings. The van der Waals surface area contributed by atoms with Crippen LogP contribution in [0.15, 0.2) is 48.5 Å². The number of carbonyl (C=O) groups is 1. The second-order valence-corrected chi connectivity index (χ2v) is 7.14. The molecule has 0 unspecified atom stereocenters. The van der Waals surface area contributed by atoms with Crippen LogP contribution >= 0.6 is 0 Å². The Bertz CT molecular complexity index is 756. The summed E-state index contributed by atoms with van der Waals surface area (Å²) in [6.45, 7) is 7.58. The summed E-state index contributed by atoms with van der Waals surface area (Å²) in [4.78, 5) is 16.8. The Labute approximate surface area is 143 Å². The normalized spacial score (nSPS) is 23.0. The Balaban J connectivity index is 1.64. The third-order valence-corrected chi connectivity index (χ3v) is 5.59. The maximum Gasteiger partial charge on any atom is 0.220 e. The summed E-state index contributed by atoms with van der Waals surface area (Å²) in [5, 5.41) is 0. The highest BCUT2D eigenvalue weighted by Gasteiger charge is 2.42. The maximum absolute atomic E-state index is 12.2. The van der Waals surface area contributed by atoms with Gasteiger partial charge in [0.1, 0.15) is 0 Å². The van der Waals surface area contributed by atoms with Gasteiger partial charge in [-0.3, -0.25) is 9.69 Å². The summed E-state index contributed by atoms with van der Waals surface area (Å²) >= 11 is 0. The van der Waals surface area contributed by atoms with Gasteiger partial charge in [0.15, 0.2) is 0 Å². The van der Waals surface area contributed by atoms with E-state index in [1.165, 1.54) is 22.3 Å². The van der Waals surface area contributed by atoms with Gasteiger partial charge in [0.25, 0.3) is 0 Å². The summed E-state index contributed by atoms with van der Waals surface area (Å²) in [5.74, 6) is 0.627. The van der Waals surface area contributed by atoms with Crippen molar-refractivity contribution in [1.82, 2.24) is 9.80 Å². The number of fused-ring (bicyclic) bond motifs is 3. The van der Waals surface area contributed by atoms with Gasteiger partial charge in [-0.25, -0.2) is 0 Å². The highest BCUT2D eigenvalue weighted by atomic mass is 16.2. The minimum atomic E-state index is 0.195. The molecule has 3 heteroatoms. The lowest BCUT2D eigenvalue weighted by Crippen LogP contribution is -2.46. The van der Waals surface area contributed by atoms with Gasteiger partial charge in [-0.1, -0.05) is 48.5 Å². The van der Waals surface area contributed by atoms with Crippen LogP contribution in [-0.2, 0) is 17.9 Å². The van der Waals surface area contributed by atoms with Crippen molar-refractivity contribution in [3.05, 3.63) is 70.8 Å². The maximum atomic E-state index is 12.2. The Kier molecular flexibility index (Phi) is 3.89. The molecule has 1 fully saturated rings. The van der Waals surface area contributed by atoms with Crippen LogP contribution in [0, 0.1) is 6.92 Å². The number of aryl methyl sites for hydroxylation is 1. The molecule has 3 nitrogen and oxygen atoms in total. The highest BCUT2D eigenvalue weighted by Crippen LogP contribution is 2.39. The zero-order valence-electron chi connectivity index (χ0n) is 14.4. The van der Waals surface area contributed by atoms with Crippen LogP contribution < -0.4 is 0 Å². The van der Waals surface area contributed by atoms with E-state index in [1.54, 1.807) is 6.92 Å². The Hall–Kier alpha value is -2.13. The Morgan fingerprint density at radius 2 is 1.88 bits per heavy atom. The lowest BCUT2D eigenvalue weighted by atomic mass is 9.83. The fraction of sp³-hybridized carbons (Fsp3) is 0.381. The van der Waals surface area contributed by atoms with Crippen LogP contribution in [-0.4, -0.2) is 34.8 Å². The van der Waals surface area contributed by atoms with Crippen LogP contribution in [0.25, 0.3) is 0 Å². The summed E-state index contributed by atoms with van der Waals surface area (Å²) < 4.78 is 0.